The fourth-order valence-corrected chi connectivity index (χ4v) is 3.32. The zero-order chi connectivity index (χ0) is 17.3. The maximum Gasteiger partial charge on any atom is 0.337 e. The van der Waals surface area contributed by atoms with Gasteiger partial charge in [0.25, 0.3) is 0 Å². The van der Waals surface area contributed by atoms with Gasteiger partial charge < -0.3 is 14.6 Å². The average Bonchev–Trinajstić information content (AvgIpc) is 2.91. The van der Waals surface area contributed by atoms with Crippen LogP contribution in [0.25, 0.3) is 10.9 Å². The first kappa shape index (κ1) is 16.5. The van der Waals surface area contributed by atoms with Crippen LogP contribution in [-0.2, 0) is 11.8 Å². The van der Waals surface area contributed by atoms with E-state index in [2.05, 4.69) is 4.90 Å². The molecule has 24 heavy (non-hydrogen) atoms. The number of hydrogen-bond donors (Lipinski definition) is 1. The largest absolute Gasteiger partial charge is 0.478 e. The van der Waals surface area contributed by atoms with E-state index in [1.165, 1.54) is 6.42 Å². The maximum absolute atomic E-state index is 12.5. The third kappa shape index (κ3) is 3.14. The summed E-state index contributed by atoms with van der Waals surface area (Å²) in [5.74, 6) is -0.927. The predicted molar refractivity (Wildman–Crippen MR) is 93.6 cm³/mol. The predicted octanol–water partition coefficient (Wildman–Crippen LogP) is 2.33. The minimum Gasteiger partial charge on any atom is -0.478 e. The van der Waals surface area contributed by atoms with Gasteiger partial charge in [-0.15, -0.1) is 0 Å². The van der Waals surface area contributed by atoms with E-state index in [4.69, 9.17) is 0 Å². The highest BCUT2D eigenvalue weighted by Gasteiger charge is 2.19. The standard InChI is InChI=1S/C18H23N3O3/c1-19-11-15(18(23)24)14-10-13(6-7-16(14)19)20(2)17(22)12-21-8-4-3-5-9-21/h6-7,10-11H,3-5,8-9,12H2,1-2H3,(H,23,24). The number of aryl methyl sites for hydroxylation is 1. The number of piperidine rings is 1. The van der Waals surface area contributed by atoms with Crippen molar-refractivity contribution in [2.24, 2.45) is 7.05 Å². The Bertz CT molecular complexity index is 775. The van der Waals surface area contributed by atoms with E-state index in [-0.39, 0.29) is 11.5 Å². The number of anilines is 1. The van der Waals surface area contributed by atoms with Gasteiger partial charge in [-0.05, 0) is 44.1 Å². The molecule has 1 aliphatic rings. The van der Waals surface area contributed by atoms with Gasteiger partial charge in [0.05, 0.1) is 12.1 Å². The molecular formula is C18H23N3O3. The molecule has 2 heterocycles. The average molecular weight is 329 g/mol. The van der Waals surface area contributed by atoms with Gasteiger partial charge in [0.15, 0.2) is 0 Å². The lowest BCUT2D eigenvalue weighted by molar-refractivity contribution is -0.119. The van der Waals surface area contributed by atoms with E-state index in [0.717, 1.165) is 37.1 Å². The zero-order valence-electron chi connectivity index (χ0n) is 14.2. The summed E-state index contributed by atoms with van der Waals surface area (Å²) < 4.78 is 1.79. The monoisotopic (exact) mass is 329 g/mol. The van der Waals surface area contributed by atoms with Gasteiger partial charge in [0.1, 0.15) is 0 Å². The van der Waals surface area contributed by atoms with E-state index >= 15 is 0 Å². The van der Waals surface area contributed by atoms with Gasteiger partial charge in [0, 0.05) is 36.9 Å². The molecule has 0 aliphatic carbocycles. The first-order chi connectivity index (χ1) is 11.5. The van der Waals surface area contributed by atoms with Crippen molar-refractivity contribution in [3.8, 4) is 0 Å². The zero-order valence-corrected chi connectivity index (χ0v) is 14.2. The van der Waals surface area contributed by atoms with E-state index in [9.17, 15) is 14.7 Å². The number of carbonyl (C=O) groups excluding carboxylic acids is 1. The highest BCUT2D eigenvalue weighted by Crippen LogP contribution is 2.26. The second kappa shape index (κ2) is 6.65. The van der Waals surface area contributed by atoms with Crippen molar-refractivity contribution in [3.05, 3.63) is 30.0 Å². The normalized spacial score (nSPS) is 15.6. The number of rotatable bonds is 4. The van der Waals surface area contributed by atoms with Gasteiger partial charge in [0.2, 0.25) is 5.91 Å². The molecule has 1 N–H and O–H groups in total. The van der Waals surface area contributed by atoms with E-state index in [1.807, 2.05) is 19.2 Å². The van der Waals surface area contributed by atoms with Crippen molar-refractivity contribution >= 4 is 28.5 Å². The Morgan fingerprint density at radius 3 is 2.58 bits per heavy atom. The Hall–Kier alpha value is -2.34. The van der Waals surface area contributed by atoms with Gasteiger partial charge in [-0.1, -0.05) is 6.42 Å². The van der Waals surface area contributed by atoms with Crippen LogP contribution in [0.1, 0.15) is 29.6 Å². The number of aromatic nitrogens is 1. The highest BCUT2D eigenvalue weighted by molar-refractivity contribution is 6.05. The molecule has 0 atom stereocenters. The lowest BCUT2D eigenvalue weighted by atomic mass is 10.1. The van der Waals surface area contributed by atoms with Gasteiger partial charge in [-0.2, -0.15) is 0 Å². The van der Waals surface area contributed by atoms with Crippen molar-refractivity contribution in [1.29, 1.82) is 0 Å². The first-order valence-electron chi connectivity index (χ1n) is 8.28. The van der Waals surface area contributed by atoms with Gasteiger partial charge >= 0.3 is 5.97 Å². The number of aromatic carboxylic acids is 1. The Labute approximate surface area is 141 Å². The summed E-state index contributed by atoms with van der Waals surface area (Å²) >= 11 is 0. The second-order valence-corrected chi connectivity index (χ2v) is 6.45. The van der Waals surface area contributed by atoms with Crippen LogP contribution < -0.4 is 4.90 Å². The number of likely N-dealkylation sites (N-methyl/N-ethyl adjacent to an activating group) is 1. The summed E-state index contributed by atoms with van der Waals surface area (Å²) in [6, 6.07) is 5.51. The minimum atomic E-state index is -0.958. The molecule has 0 saturated carbocycles. The lowest BCUT2D eigenvalue weighted by Gasteiger charge is -2.28. The first-order valence-corrected chi connectivity index (χ1v) is 8.28. The summed E-state index contributed by atoms with van der Waals surface area (Å²) in [4.78, 5) is 27.7. The molecule has 0 bridgehead atoms. The molecule has 0 unspecified atom stereocenters. The second-order valence-electron chi connectivity index (χ2n) is 6.45. The molecular weight excluding hydrogens is 306 g/mol. The number of fused-ring (bicyclic) bond motifs is 1. The molecule has 0 radical (unpaired) electrons. The summed E-state index contributed by atoms with van der Waals surface area (Å²) in [7, 11) is 3.57. The van der Waals surface area contributed by atoms with Crippen LogP contribution in [0, 0.1) is 0 Å². The molecule has 1 aliphatic heterocycles. The number of likely N-dealkylation sites (tertiary alicyclic amines) is 1. The SMILES string of the molecule is CN(C(=O)CN1CCCCC1)c1ccc2c(c1)c(C(=O)O)cn2C. The fraction of sp³-hybridized carbons (Fsp3) is 0.444. The van der Waals surface area contributed by atoms with Crippen molar-refractivity contribution < 1.29 is 14.7 Å². The van der Waals surface area contributed by atoms with E-state index < -0.39 is 5.97 Å². The number of carboxylic acid groups (broad SMARTS) is 1. The van der Waals surface area contributed by atoms with Crippen molar-refractivity contribution in [1.82, 2.24) is 9.47 Å². The van der Waals surface area contributed by atoms with Gasteiger partial charge in [-0.25, -0.2) is 4.79 Å². The molecule has 6 nitrogen and oxygen atoms in total. The van der Waals surface area contributed by atoms with Crippen molar-refractivity contribution in [3.63, 3.8) is 0 Å². The Morgan fingerprint density at radius 2 is 1.92 bits per heavy atom. The van der Waals surface area contributed by atoms with Crippen LogP contribution in [0.4, 0.5) is 5.69 Å². The molecule has 2 aromatic rings. The maximum atomic E-state index is 12.5. The lowest BCUT2D eigenvalue weighted by Crippen LogP contribution is -2.40. The Morgan fingerprint density at radius 1 is 1.21 bits per heavy atom. The van der Waals surface area contributed by atoms with Crippen LogP contribution in [0.15, 0.2) is 24.4 Å². The van der Waals surface area contributed by atoms with E-state index in [0.29, 0.717) is 11.9 Å². The third-order valence-electron chi connectivity index (χ3n) is 4.77. The molecule has 1 amide bonds. The molecule has 1 saturated heterocycles. The fourth-order valence-electron chi connectivity index (χ4n) is 3.32. The van der Waals surface area contributed by atoms with E-state index in [1.54, 1.807) is 28.8 Å². The minimum absolute atomic E-state index is 0.0315. The smallest absolute Gasteiger partial charge is 0.337 e. The molecule has 1 aromatic heterocycles. The van der Waals surface area contributed by atoms with Crippen molar-refractivity contribution in [2.75, 3.05) is 31.6 Å². The molecule has 128 valence electrons. The molecule has 1 fully saturated rings. The topological polar surface area (TPSA) is 65.8 Å². The molecule has 6 heteroatoms. The van der Waals surface area contributed by atoms with Crippen LogP contribution in [0.5, 0.6) is 0 Å². The number of carboxylic acids is 1. The highest BCUT2D eigenvalue weighted by atomic mass is 16.4. The van der Waals surface area contributed by atoms with Crippen LogP contribution in [0.3, 0.4) is 0 Å². The Kier molecular flexibility index (Phi) is 4.57. The summed E-state index contributed by atoms with van der Waals surface area (Å²) in [5.41, 5.74) is 1.82. The third-order valence-corrected chi connectivity index (χ3v) is 4.77. The summed E-state index contributed by atoms with van der Waals surface area (Å²) in [6.07, 6.45) is 5.14. The molecule has 0 spiro atoms. The number of carbonyl (C=O) groups is 2. The van der Waals surface area contributed by atoms with Crippen LogP contribution in [0.2, 0.25) is 0 Å². The Balaban J connectivity index is 1.83. The van der Waals surface area contributed by atoms with Crippen LogP contribution in [-0.4, -0.2) is 53.1 Å². The molecule has 1 aromatic carbocycles. The number of nitrogens with zero attached hydrogens (tertiary/aromatic N) is 3. The molecule has 3 rings (SSSR count). The number of amides is 1. The van der Waals surface area contributed by atoms with Crippen molar-refractivity contribution in [2.45, 2.75) is 19.3 Å². The number of benzene rings is 1. The van der Waals surface area contributed by atoms with Crippen LogP contribution >= 0.6 is 0 Å². The summed E-state index contributed by atoms with van der Waals surface area (Å²) in [6.45, 7) is 2.36. The summed E-state index contributed by atoms with van der Waals surface area (Å²) in [5, 5.41) is 10.0. The number of hydrogen-bond acceptors (Lipinski definition) is 3. The quantitative estimate of drug-likeness (QED) is 0.935. The van der Waals surface area contributed by atoms with Gasteiger partial charge in [-0.3, -0.25) is 9.69 Å².